The minimum atomic E-state index is -4.41. The van der Waals surface area contributed by atoms with E-state index >= 15 is 0 Å². The Bertz CT molecular complexity index is 408. The normalized spacial score (nSPS) is 13.6. The van der Waals surface area contributed by atoms with Crippen LogP contribution in [0.1, 0.15) is 19.4 Å². The highest BCUT2D eigenvalue weighted by molar-refractivity contribution is 5.52. The van der Waals surface area contributed by atoms with Gasteiger partial charge in [-0.1, -0.05) is 26.0 Å². The molecule has 0 heterocycles. The van der Waals surface area contributed by atoms with Gasteiger partial charge in [0.1, 0.15) is 0 Å². The highest BCUT2D eigenvalue weighted by Gasteiger charge is 2.33. The fourth-order valence-corrected chi connectivity index (χ4v) is 1.61. The summed E-state index contributed by atoms with van der Waals surface area (Å²) in [7, 11) is 0. The molecule has 1 rings (SSSR count). The summed E-state index contributed by atoms with van der Waals surface area (Å²) in [6, 6.07) is 5.18. The van der Waals surface area contributed by atoms with E-state index in [2.05, 4.69) is 5.32 Å². The quantitative estimate of drug-likeness (QED) is 0.811. The lowest BCUT2D eigenvalue weighted by atomic mass is 10.1. The lowest BCUT2D eigenvalue weighted by Gasteiger charge is -2.17. The van der Waals surface area contributed by atoms with Gasteiger partial charge in [0.25, 0.3) is 0 Å². The van der Waals surface area contributed by atoms with Crippen LogP contribution in [0.15, 0.2) is 24.3 Å². The minimum absolute atomic E-state index is 0.00515. The van der Waals surface area contributed by atoms with Gasteiger partial charge in [0.15, 0.2) is 0 Å². The van der Waals surface area contributed by atoms with Crippen LogP contribution >= 0.6 is 0 Å². The molecular weight excluding hydrogens is 271 g/mol. The van der Waals surface area contributed by atoms with Crippen molar-refractivity contribution in [1.82, 2.24) is 0 Å². The van der Waals surface area contributed by atoms with Crippen LogP contribution in [-0.2, 0) is 10.9 Å². The van der Waals surface area contributed by atoms with Crippen LogP contribution in [-0.4, -0.2) is 31.0 Å². The van der Waals surface area contributed by atoms with E-state index in [0.717, 1.165) is 6.07 Å². The molecular formula is C14H20F3NO2. The van der Waals surface area contributed by atoms with Gasteiger partial charge in [-0.25, -0.2) is 0 Å². The van der Waals surface area contributed by atoms with Gasteiger partial charge in [-0.15, -0.1) is 0 Å². The van der Waals surface area contributed by atoms with E-state index in [-0.39, 0.29) is 18.8 Å². The number of hydrogen-bond acceptors (Lipinski definition) is 3. The zero-order valence-corrected chi connectivity index (χ0v) is 11.6. The van der Waals surface area contributed by atoms with Gasteiger partial charge in [-0.3, -0.25) is 0 Å². The minimum Gasteiger partial charge on any atom is -0.389 e. The summed E-state index contributed by atoms with van der Waals surface area (Å²) in [5, 5.41) is 12.3. The smallest absolute Gasteiger partial charge is 0.389 e. The van der Waals surface area contributed by atoms with Crippen molar-refractivity contribution in [3.63, 3.8) is 0 Å². The van der Waals surface area contributed by atoms with Crippen molar-refractivity contribution in [2.45, 2.75) is 26.1 Å². The molecule has 1 aromatic rings. The largest absolute Gasteiger partial charge is 0.418 e. The Kier molecular flexibility index (Phi) is 6.29. The van der Waals surface area contributed by atoms with Gasteiger partial charge in [-0.2, -0.15) is 13.2 Å². The zero-order valence-electron chi connectivity index (χ0n) is 11.6. The van der Waals surface area contributed by atoms with Crippen molar-refractivity contribution in [3.8, 4) is 0 Å². The van der Waals surface area contributed by atoms with Crippen molar-refractivity contribution >= 4 is 5.69 Å². The van der Waals surface area contributed by atoms with Gasteiger partial charge in [0.2, 0.25) is 0 Å². The highest BCUT2D eigenvalue weighted by atomic mass is 19.4. The Balaban J connectivity index is 2.49. The molecule has 0 aliphatic carbocycles. The molecule has 20 heavy (non-hydrogen) atoms. The first-order valence-corrected chi connectivity index (χ1v) is 6.46. The van der Waals surface area contributed by atoms with Crippen molar-refractivity contribution in [1.29, 1.82) is 0 Å². The Hall–Kier alpha value is -1.27. The van der Waals surface area contributed by atoms with E-state index in [9.17, 15) is 18.3 Å². The van der Waals surface area contributed by atoms with Gasteiger partial charge in [0.05, 0.1) is 18.3 Å². The molecule has 1 unspecified atom stereocenters. The molecule has 0 saturated heterocycles. The van der Waals surface area contributed by atoms with E-state index in [0.29, 0.717) is 12.5 Å². The Morgan fingerprint density at radius 2 is 1.85 bits per heavy atom. The summed E-state index contributed by atoms with van der Waals surface area (Å²) >= 11 is 0. The van der Waals surface area contributed by atoms with Gasteiger partial charge in [-0.05, 0) is 18.1 Å². The molecule has 0 bridgehead atoms. The van der Waals surface area contributed by atoms with Gasteiger partial charge in [0, 0.05) is 18.8 Å². The standard InChI is InChI=1S/C14H20F3NO2/c1-10(2)8-20-9-11(19)7-18-13-6-4-3-5-12(13)14(15,16)17/h3-6,10-11,18-19H,7-9H2,1-2H3. The van der Waals surface area contributed by atoms with Gasteiger partial charge >= 0.3 is 6.18 Å². The second kappa shape index (κ2) is 7.50. The molecule has 0 aliphatic rings. The molecule has 0 saturated carbocycles. The number of hydrogen-bond donors (Lipinski definition) is 2. The molecule has 1 atom stereocenters. The predicted molar refractivity (Wildman–Crippen MR) is 71.6 cm³/mol. The lowest BCUT2D eigenvalue weighted by molar-refractivity contribution is -0.137. The Labute approximate surface area is 116 Å². The number of halogens is 3. The first-order valence-electron chi connectivity index (χ1n) is 6.46. The summed E-state index contributed by atoms with van der Waals surface area (Å²) < 4.78 is 43.4. The van der Waals surface area contributed by atoms with Crippen molar-refractivity contribution in [2.24, 2.45) is 5.92 Å². The maximum Gasteiger partial charge on any atom is 0.418 e. The SMILES string of the molecule is CC(C)COCC(O)CNc1ccccc1C(F)(F)F. The number of ether oxygens (including phenoxy) is 1. The Morgan fingerprint density at radius 3 is 2.45 bits per heavy atom. The first-order chi connectivity index (χ1) is 9.30. The van der Waals surface area contributed by atoms with Crippen LogP contribution in [0.3, 0.4) is 0 Å². The van der Waals surface area contributed by atoms with Crippen LogP contribution in [0.4, 0.5) is 18.9 Å². The second-order valence-corrected chi connectivity index (χ2v) is 5.01. The molecule has 0 aromatic heterocycles. The Morgan fingerprint density at radius 1 is 1.20 bits per heavy atom. The van der Waals surface area contributed by atoms with E-state index in [4.69, 9.17) is 4.74 Å². The fourth-order valence-electron chi connectivity index (χ4n) is 1.61. The summed E-state index contributed by atoms with van der Waals surface area (Å²) in [5.41, 5.74) is -0.779. The summed E-state index contributed by atoms with van der Waals surface area (Å²) in [4.78, 5) is 0. The van der Waals surface area contributed by atoms with Crippen molar-refractivity contribution in [2.75, 3.05) is 25.1 Å². The average Bonchev–Trinajstić information content (AvgIpc) is 2.35. The molecule has 0 aliphatic heterocycles. The third-order valence-corrected chi connectivity index (χ3v) is 2.52. The molecule has 114 valence electrons. The molecule has 0 fully saturated rings. The number of anilines is 1. The second-order valence-electron chi connectivity index (χ2n) is 5.01. The molecule has 2 N–H and O–H groups in total. The fraction of sp³-hybridized carbons (Fsp3) is 0.571. The topological polar surface area (TPSA) is 41.5 Å². The van der Waals surface area contributed by atoms with E-state index in [1.807, 2.05) is 13.8 Å². The number of rotatable bonds is 7. The van der Waals surface area contributed by atoms with Crippen molar-refractivity contribution in [3.05, 3.63) is 29.8 Å². The van der Waals surface area contributed by atoms with Crippen LogP contribution in [0.2, 0.25) is 0 Å². The van der Waals surface area contributed by atoms with Gasteiger partial charge < -0.3 is 15.2 Å². The zero-order chi connectivity index (χ0) is 15.2. The number of aliphatic hydroxyl groups is 1. The van der Waals surface area contributed by atoms with E-state index in [1.165, 1.54) is 18.2 Å². The summed E-state index contributed by atoms with van der Waals surface area (Å²) in [5.74, 6) is 0.348. The number of alkyl halides is 3. The van der Waals surface area contributed by atoms with Crippen LogP contribution in [0.25, 0.3) is 0 Å². The third kappa shape index (κ3) is 5.79. The number of benzene rings is 1. The van der Waals surface area contributed by atoms with Crippen molar-refractivity contribution < 1.29 is 23.0 Å². The summed E-state index contributed by atoms with van der Waals surface area (Å²) in [6.07, 6.45) is -5.27. The maximum absolute atomic E-state index is 12.7. The number of nitrogens with one attached hydrogen (secondary N) is 1. The van der Waals surface area contributed by atoms with Crippen LogP contribution in [0, 0.1) is 5.92 Å². The van der Waals surface area contributed by atoms with E-state index < -0.39 is 17.8 Å². The highest BCUT2D eigenvalue weighted by Crippen LogP contribution is 2.34. The van der Waals surface area contributed by atoms with Crippen LogP contribution in [0.5, 0.6) is 0 Å². The molecule has 3 nitrogen and oxygen atoms in total. The van der Waals surface area contributed by atoms with E-state index in [1.54, 1.807) is 0 Å². The molecule has 0 amide bonds. The third-order valence-electron chi connectivity index (χ3n) is 2.52. The average molecular weight is 291 g/mol. The number of para-hydroxylation sites is 1. The monoisotopic (exact) mass is 291 g/mol. The maximum atomic E-state index is 12.7. The van der Waals surface area contributed by atoms with Crippen LogP contribution < -0.4 is 5.32 Å². The number of aliphatic hydroxyl groups excluding tert-OH is 1. The molecule has 0 radical (unpaired) electrons. The molecule has 0 spiro atoms. The summed E-state index contributed by atoms with van der Waals surface area (Å²) in [6.45, 7) is 4.56. The molecule has 6 heteroatoms. The lowest BCUT2D eigenvalue weighted by Crippen LogP contribution is -2.26. The first kappa shape index (κ1) is 16.8. The molecule has 1 aromatic carbocycles. The predicted octanol–water partition coefficient (Wildman–Crippen LogP) is 3.15.